The summed E-state index contributed by atoms with van der Waals surface area (Å²) in [5.74, 6) is -0.606. The van der Waals surface area contributed by atoms with E-state index < -0.39 is 17.2 Å². The van der Waals surface area contributed by atoms with Gasteiger partial charge in [0.1, 0.15) is 5.82 Å². The monoisotopic (exact) mass is 389 g/mol. The number of nitrogens with one attached hydrogen (secondary N) is 3. The van der Waals surface area contributed by atoms with E-state index in [0.29, 0.717) is 28.0 Å². The van der Waals surface area contributed by atoms with Gasteiger partial charge in [-0.15, -0.1) is 0 Å². The molecule has 0 fully saturated rings. The van der Waals surface area contributed by atoms with Crippen LogP contribution >= 0.6 is 0 Å². The maximum atomic E-state index is 13.2. The molecule has 2 aromatic carbocycles. The summed E-state index contributed by atoms with van der Waals surface area (Å²) in [6, 6.07) is 11.8. The van der Waals surface area contributed by atoms with Crippen LogP contribution in [-0.2, 0) is 0 Å². The molecule has 8 heteroatoms. The normalized spacial score (nSPS) is 16.7. The van der Waals surface area contributed by atoms with Crippen LogP contribution in [0.3, 0.4) is 0 Å². The van der Waals surface area contributed by atoms with Crippen LogP contribution in [0.15, 0.2) is 57.6 Å². The Balaban J connectivity index is 1.82. The first-order valence-corrected chi connectivity index (χ1v) is 8.88. The highest BCUT2D eigenvalue weighted by Gasteiger charge is 2.41. The van der Waals surface area contributed by atoms with Gasteiger partial charge in [0, 0.05) is 22.6 Å². The molecule has 2 heterocycles. The second kappa shape index (κ2) is 5.96. The van der Waals surface area contributed by atoms with E-state index in [0.717, 1.165) is 0 Å². The van der Waals surface area contributed by atoms with E-state index in [1.807, 2.05) is 6.07 Å². The molecule has 0 spiro atoms. The number of hydrogen-bond acceptors (Lipinski definition) is 6. The zero-order valence-electron chi connectivity index (χ0n) is 15.2. The number of carbonyl (C=O) groups is 1. The summed E-state index contributed by atoms with van der Waals surface area (Å²) < 4.78 is 5.10. The molecule has 1 aliphatic carbocycles. The van der Waals surface area contributed by atoms with Crippen molar-refractivity contribution in [3.8, 4) is 11.5 Å². The number of ether oxygens (including phenoxy) is 1. The fourth-order valence-electron chi connectivity index (χ4n) is 4.07. The summed E-state index contributed by atoms with van der Waals surface area (Å²) >= 11 is 0. The molecule has 1 atom stereocenters. The molecule has 4 N–H and O–H groups in total. The molecular formula is C21H15N3O5. The van der Waals surface area contributed by atoms with Crippen LogP contribution in [0.25, 0.3) is 5.70 Å². The standard InChI is InChI=1S/C21H15N3O5/c1-29-13-7-6-9(8-12(13)25)14-15-17(10-4-2-3-5-11(10)18(15)26)22-19-16(14)20(27)24-21(28)23-19/h2-8,14,25H,1H3,(H3,22,23,24,27,28)/t14-/m1/s1. The molecule has 5 rings (SSSR count). The van der Waals surface area contributed by atoms with Gasteiger partial charge in [0.2, 0.25) is 0 Å². The number of phenolic OH excluding ortho intramolecular Hbond substituents is 1. The molecule has 0 amide bonds. The van der Waals surface area contributed by atoms with Crippen molar-refractivity contribution >= 4 is 17.3 Å². The SMILES string of the molecule is COc1ccc([C@@H]2C3=C(Nc4[nH]c(=O)[nH]c(=O)c42)c2ccccc2C3=O)cc1O. The molecule has 1 aliphatic heterocycles. The number of aromatic hydroxyl groups is 1. The first kappa shape index (κ1) is 17.1. The van der Waals surface area contributed by atoms with Crippen LogP contribution in [0.2, 0.25) is 0 Å². The number of fused-ring (bicyclic) bond motifs is 3. The van der Waals surface area contributed by atoms with Gasteiger partial charge in [-0.1, -0.05) is 30.3 Å². The third-order valence-corrected chi connectivity index (χ3v) is 5.30. The highest BCUT2D eigenvalue weighted by Crippen LogP contribution is 2.48. The lowest BCUT2D eigenvalue weighted by atomic mass is 9.81. The summed E-state index contributed by atoms with van der Waals surface area (Å²) in [6.07, 6.45) is 0. The lowest BCUT2D eigenvalue weighted by molar-refractivity contribution is 0.103. The molecule has 2 aliphatic rings. The fraction of sp³-hybridized carbons (Fsp3) is 0.0952. The van der Waals surface area contributed by atoms with E-state index in [1.165, 1.54) is 13.2 Å². The predicted molar refractivity (Wildman–Crippen MR) is 106 cm³/mol. The number of ketones is 1. The van der Waals surface area contributed by atoms with Crippen LogP contribution in [0.5, 0.6) is 11.5 Å². The topological polar surface area (TPSA) is 124 Å². The van der Waals surface area contributed by atoms with Crippen molar-refractivity contribution in [2.24, 2.45) is 0 Å². The number of phenols is 1. The second-order valence-corrected chi connectivity index (χ2v) is 6.85. The highest BCUT2D eigenvalue weighted by molar-refractivity contribution is 6.23. The van der Waals surface area contributed by atoms with Crippen LogP contribution in [0.1, 0.15) is 33.0 Å². The zero-order valence-corrected chi connectivity index (χ0v) is 15.2. The number of aromatic amines is 2. The third-order valence-electron chi connectivity index (χ3n) is 5.30. The van der Waals surface area contributed by atoms with Crippen molar-refractivity contribution < 1.29 is 14.6 Å². The molecule has 0 unspecified atom stereocenters. The fourth-order valence-corrected chi connectivity index (χ4v) is 4.07. The summed E-state index contributed by atoms with van der Waals surface area (Å²) in [4.78, 5) is 42.6. The lowest BCUT2D eigenvalue weighted by Gasteiger charge is -2.27. The highest BCUT2D eigenvalue weighted by atomic mass is 16.5. The van der Waals surface area contributed by atoms with Gasteiger partial charge in [-0.25, -0.2) is 4.79 Å². The predicted octanol–water partition coefficient (Wildman–Crippen LogP) is 1.94. The van der Waals surface area contributed by atoms with E-state index in [2.05, 4.69) is 15.3 Å². The van der Waals surface area contributed by atoms with Gasteiger partial charge in [-0.2, -0.15) is 0 Å². The number of H-pyrrole nitrogens is 2. The molecule has 8 nitrogen and oxygen atoms in total. The average Bonchev–Trinajstić information content (AvgIpc) is 2.98. The minimum absolute atomic E-state index is 0.115. The molecule has 0 saturated heterocycles. The Hall–Kier alpha value is -4.07. The van der Waals surface area contributed by atoms with E-state index in [1.54, 1.807) is 30.3 Å². The minimum Gasteiger partial charge on any atom is -0.504 e. The number of anilines is 1. The summed E-state index contributed by atoms with van der Waals surface area (Å²) in [5, 5.41) is 13.3. The van der Waals surface area contributed by atoms with Crippen LogP contribution < -0.4 is 21.3 Å². The van der Waals surface area contributed by atoms with Crippen LogP contribution in [0, 0.1) is 0 Å². The number of aromatic nitrogens is 2. The third kappa shape index (κ3) is 2.35. The number of allylic oxidation sites excluding steroid dienone is 1. The first-order valence-electron chi connectivity index (χ1n) is 8.88. The van der Waals surface area contributed by atoms with Gasteiger partial charge in [0.15, 0.2) is 17.3 Å². The van der Waals surface area contributed by atoms with Gasteiger partial charge >= 0.3 is 5.69 Å². The molecule has 0 saturated carbocycles. The number of carbonyl (C=O) groups excluding carboxylic acids is 1. The lowest BCUT2D eigenvalue weighted by Crippen LogP contribution is -2.33. The maximum Gasteiger partial charge on any atom is 0.327 e. The quantitative estimate of drug-likeness (QED) is 0.531. The average molecular weight is 389 g/mol. The van der Waals surface area contributed by atoms with Crippen molar-refractivity contribution in [2.75, 3.05) is 12.4 Å². The Morgan fingerprint density at radius 3 is 2.48 bits per heavy atom. The molecule has 29 heavy (non-hydrogen) atoms. The Morgan fingerprint density at radius 2 is 1.76 bits per heavy atom. The molecule has 1 aromatic heterocycles. The number of hydrogen-bond donors (Lipinski definition) is 4. The van der Waals surface area contributed by atoms with E-state index in [4.69, 9.17) is 4.74 Å². The number of methoxy groups -OCH3 is 1. The molecule has 0 radical (unpaired) electrons. The van der Waals surface area contributed by atoms with Crippen molar-refractivity contribution in [2.45, 2.75) is 5.92 Å². The molecule has 3 aromatic rings. The van der Waals surface area contributed by atoms with E-state index in [9.17, 15) is 19.5 Å². The number of Topliss-reactive ketones (excluding diaryl/α,β-unsaturated/α-hetero) is 1. The van der Waals surface area contributed by atoms with Crippen molar-refractivity contribution in [1.82, 2.24) is 9.97 Å². The van der Waals surface area contributed by atoms with Gasteiger partial charge in [-0.3, -0.25) is 19.6 Å². The Morgan fingerprint density at radius 1 is 1.00 bits per heavy atom. The van der Waals surface area contributed by atoms with Gasteiger partial charge in [-0.05, 0) is 17.7 Å². The maximum absolute atomic E-state index is 13.2. The molecular weight excluding hydrogens is 374 g/mol. The second-order valence-electron chi connectivity index (χ2n) is 6.85. The van der Waals surface area contributed by atoms with E-state index >= 15 is 0 Å². The van der Waals surface area contributed by atoms with Crippen molar-refractivity contribution in [3.05, 3.63) is 91.1 Å². The smallest absolute Gasteiger partial charge is 0.327 e. The van der Waals surface area contributed by atoms with Gasteiger partial charge < -0.3 is 15.2 Å². The summed E-state index contributed by atoms with van der Waals surface area (Å²) in [6.45, 7) is 0. The number of rotatable bonds is 2. The summed E-state index contributed by atoms with van der Waals surface area (Å²) in [7, 11) is 1.43. The Kier molecular flexibility index (Phi) is 3.51. The van der Waals surface area contributed by atoms with Crippen molar-refractivity contribution in [3.63, 3.8) is 0 Å². The van der Waals surface area contributed by atoms with E-state index in [-0.39, 0.29) is 28.7 Å². The van der Waals surface area contributed by atoms with Crippen LogP contribution in [0.4, 0.5) is 5.82 Å². The molecule has 0 bridgehead atoms. The number of benzene rings is 2. The summed E-state index contributed by atoms with van der Waals surface area (Å²) in [5.41, 5.74) is 1.61. The Bertz CT molecular complexity index is 1350. The minimum atomic E-state index is -0.779. The first-order chi connectivity index (χ1) is 14.0. The van der Waals surface area contributed by atoms with Gasteiger partial charge in [0.25, 0.3) is 5.56 Å². The largest absolute Gasteiger partial charge is 0.504 e. The van der Waals surface area contributed by atoms with Crippen molar-refractivity contribution in [1.29, 1.82) is 0 Å². The zero-order chi connectivity index (χ0) is 20.3. The van der Waals surface area contributed by atoms with Crippen LogP contribution in [-0.4, -0.2) is 28.0 Å². The molecule has 144 valence electrons. The Labute approximate surface area is 163 Å². The van der Waals surface area contributed by atoms with Gasteiger partial charge in [0.05, 0.1) is 18.4 Å².